The lowest BCUT2D eigenvalue weighted by molar-refractivity contribution is -0.274. The Hall–Kier alpha value is -1.76. The van der Waals surface area contributed by atoms with Gasteiger partial charge in [0.25, 0.3) is 0 Å². The zero-order chi connectivity index (χ0) is 17.0. The summed E-state index contributed by atoms with van der Waals surface area (Å²) >= 11 is 0. The van der Waals surface area contributed by atoms with Crippen LogP contribution in [0.15, 0.2) is 24.3 Å². The van der Waals surface area contributed by atoms with Crippen LogP contribution in [0, 0.1) is 0 Å². The predicted molar refractivity (Wildman–Crippen MR) is 75.4 cm³/mol. The Bertz CT molecular complexity index is 509. The van der Waals surface area contributed by atoms with Gasteiger partial charge in [-0.1, -0.05) is 12.1 Å². The summed E-state index contributed by atoms with van der Waals surface area (Å²) in [5.74, 6) is -0.628. The van der Waals surface area contributed by atoms with Gasteiger partial charge in [0.05, 0.1) is 12.0 Å². The summed E-state index contributed by atoms with van der Waals surface area (Å²) in [5, 5.41) is 9.77. The topological polar surface area (TPSA) is 49.8 Å². The Balaban J connectivity index is 2.77. The number of hydrogen-bond acceptors (Lipinski definition) is 3. The van der Waals surface area contributed by atoms with Gasteiger partial charge in [-0.05, 0) is 38.5 Å². The highest BCUT2D eigenvalue weighted by molar-refractivity contribution is 5.79. The first-order chi connectivity index (χ1) is 10.00. The van der Waals surface area contributed by atoms with E-state index in [2.05, 4.69) is 4.74 Å². The largest absolute Gasteiger partial charge is 0.573 e. The molecule has 0 radical (unpaired) electrons. The third kappa shape index (κ3) is 6.80. The highest BCUT2D eigenvalue weighted by atomic mass is 19.4. The second-order valence-corrected chi connectivity index (χ2v) is 5.59. The lowest BCUT2D eigenvalue weighted by Crippen LogP contribution is -2.42. The average molecular weight is 319 g/mol. The number of amides is 1. The highest BCUT2D eigenvalue weighted by Crippen LogP contribution is 2.23. The Kier molecular flexibility index (Phi) is 5.82. The number of alkyl halides is 3. The van der Waals surface area contributed by atoms with Crippen molar-refractivity contribution >= 4 is 5.91 Å². The van der Waals surface area contributed by atoms with Gasteiger partial charge in [-0.3, -0.25) is 4.79 Å². The van der Waals surface area contributed by atoms with E-state index in [1.54, 1.807) is 26.8 Å². The number of halogens is 3. The maximum Gasteiger partial charge on any atom is 0.573 e. The molecule has 1 rings (SSSR count). The standard InChI is InChI=1S/C15H20F3NO3/c1-4-19(10-14(2,3)21)13(20)9-11-6-5-7-12(8-11)22-15(16,17)18/h5-8,21H,4,9-10H2,1-3H3. The molecule has 0 fully saturated rings. The molecule has 124 valence electrons. The van der Waals surface area contributed by atoms with Crippen LogP contribution in [0.5, 0.6) is 5.75 Å². The van der Waals surface area contributed by atoms with E-state index in [1.807, 2.05) is 0 Å². The van der Waals surface area contributed by atoms with E-state index in [4.69, 9.17) is 0 Å². The number of ether oxygens (including phenoxy) is 1. The molecule has 1 N–H and O–H groups in total. The van der Waals surface area contributed by atoms with Crippen LogP contribution in [0.2, 0.25) is 0 Å². The Morgan fingerprint density at radius 3 is 2.45 bits per heavy atom. The summed E-state index contributed by atoms with van der Waals surface area (Å²) in [4.78, 5) is 13.6. The smallest absolute Gasteiger partial charge is 0.406 e. The maximum atomic E-state index is 12.2. The van der Waals surface area contributed by atoms with Crippen molar-refractivity contribution in [3.8, 4) is 5.75 Å². The minimum atomic E-state index is -4.76. The van der Waals surface area contributed by atoms with Crippen LogP contribution in [-0.2, 0) is 11.2 Å². The van der Waals surface area contributed by atoms with Crippen molar-refractivity contribution in [2.75, 3.05) is 13.1 Å². The van der Waals surface area contributed by atoms with Gasteiger partial charge in [-0.15, -0.1) is 13.2 Å². The summed E-state index contributed by atoms with van der Waals surface area (Å²) < 4.78 is 40.4. The SMILES string of the molecule is CCN(CC(C)(C)O)C(=O)Cc1cccc(OC(F)(F)F)c1. The third-order valence-corrected chi connectivity index (χ3v) is 2.80. The molecule has 1 aromatic rings. The van der Waals surface area contributed by atoms with Crippen molar-refractivity contribution in [3.63, 3.8) is 0 Å². The molecule has 0 heterocycles. The van der Waals surface area contributed by atoms with E-state index < -0.39 is 12.0 Å². The molecule has 0 aliphatic rings. The molecule has 0 aliphatic heterocycles. The molecular formula is C15H20F3NO3. The number of hydrogen-bond donors (Lipinski definition) is 1. The molecule has 0 atom stereocenters. The van der Waals surface area contributed by atoms with Crippen LogP contribution in [0.1, 0.15) is 26.3 Å². The summed E-state index contributed by atoms with van der Waals surface area (Å²) in [6.45, 7) is 5.50. The van der Waals surface area contributed by atoms with Gasteiger partial charge in [0, 0.05) is 13.1 Å². The van der Waals surface area contributed by atoms with Gasteiger partial charge in [0.1, 0.15) is 5.75 Å². The minimum Gasteiger partial charge on any atom is -0.406 e. The van der Waals surface area contributed by atoms with E-state index in [0.29, 0.717) is 12.1 Å². The zero-order valence-electron chi connectivity index (χ0n) is 12.8. The van der Waals surface area contributed by atoms with Gasteiger partial charge in [0.2, 0.25) is 5.91 Å². The van der Waals surface area contributed by atoms with Crippen molar-refractivity contribution in [1.82, 2.24) is 4.90 Å². The zero-order valence-corrected chi connectivity index (χ0v) is 12.8. The first-order valence-electron chi connectivity index (χ1n) is 6.85. The first kappa shape index (κ1) is 18.3. The van der Waals surface area contributed by atoms with Crippen LogP contribution < -0.4 is 4.74 Å². The van der Waals surface area contributed by atoms with Gasteiger partial charge in [-0.2, -0.15) is 0 Å². The van der Waals surface area contributed by atoms with Crippen molar-refractivity contribution in [1.29, 1.82) is 0 Å². The first-order valence-corrected chi connectivity index (χ1v) is 6.85. The van der Waals surface area contributed by atoms with Crippen LogP contribution in [0.3, 0.4) is 0 Å². The molecule has 1 amide bonds. The minimum absolute atomic E-state index is 0.0566. The van der Waals surface area contributed by atoms with Crippen LogP contribution in [-0.4, -0.2) is 41.0 Å². The lowest BCUT2D eigenvalue weighted by atomic mass is 10.1. The molecule has 0 bridgehead atoms. The van der Waals surface area contributed by atoms with E-state index in [1.165, 1.54) is 23.1 Å². The Morgan fingerprint density at radius 1 is 1.32 bits per heavy atom. The van der Waals surface area contributed by atoms with Crippen molar-refractivity contribution in [2.24, 2.45) is 0 Å². The average Bonchev–Trinajstić information content (AvgIpc) is 2.33. The molecule has 0 saturated carbocycles. The molecule has 0 aliphatic carbocycles. The molecule has 0 unspecified atom stereocenters. The number of rotatable bonds is 6. The maximum absolute atomic E-state index is 12.2. The highest BCUT2D eigenvalue weighted by Gasteiger charge is 2.31. The molecule has 7 heteroatoms. The number of benzene rings is 1. The van der Waals surface area contributed by atoms with Gasteiger partial charge in [0.15, 0.2) is 0 Å². The lowest BCUT2D eigenvalue weighted by Gasteiger charge is -2.28. The third-order valence-electron chi connectivity index (χ3n) is 2.80. The van der Waals surface area contributed by atoms with Crippen LogP contribution >= 0.6 is 0 Å². The van der Waals surface area contributed by atoms with Gasteiger partial charge in [-0.25, -0.2) is 0 Å². The van der Waals surface area contributed by atoms with Crippen molar-refractivity contribution in [3.05, 3.63) is 29.8 Å². The Morgan fingerprint density at radius 2 is 1.95 bits per heavy atom. The molecule has 22 heavy (non-hydrogen) atoms. The second-order valence-electron chi connectivity index (χ2n) is 5.59. The van der Waals surface area contributed by atoms with Gasteiger partial charge < -0.3 is 14.7 Å². The molecule has 0 saturated heterocycles. The number of likely N-dealkylation sites (N-methyl/N-ethyl adjacent to an activating group) is 1. The number of carbonyl (C=O) groups is 1. The number of nitrogens with zero attached hydrogens (tertiary/aromatic N) is 1. The fourth-order valence-corrected chi connectivity index (χ4v) is 1.98. The fourth-order valence-electron chi connectivity index (χ4n) is 1.98. The van der Waals surface area contributed by atoms with Crippen LogP contribution in [0.4, 0.5) is 13.2 Å². The fraction of sp³-hybridized carbons (Fsp3) is 0.533. The number of aliphatic hydroxyl groups is 1. The molecule has 0 aromatic heterocycles. The van der Waals surface area contributed by atoms with Crippen LogP contribution in [0.25, 0.3) is 0 Å². The quantitative estimate of drug-likeness (QED) is 0.877. The van der Waals surface area contributed by atoms with Crippen molar-refractivity contribution in [2.45, 2.75) is 39.2 Å². The number of carbonyl (C=O) groups excluding carboxylic acids is 1. The summed E-state index contributed by atoms with van der Waals surface area (Å²) in [7, 11) is 0. The molecule has 1 aromatic carbocycles. The second kappa shape index (κ2) is 7.00. The van der Waals surface area contributed by atoms with Gasteiger partial charge >= 0.3 is 6.36 Å². The van der Waals surface area contributed by atoms with Crippen molar-refractivity contribution < 1.29 is 27.8 Å². The molecular weight excluding hydrogens is 299 g/mol. The van der Waals surface area contributed by atoms with E-state index in [-0.39, 0.29) is 24.6 Å². The predicted octanol–water partition coefficient (Wildman–Crippen LogP) is 2.75. The Labute approximate surface area is 127 Å². The van der Waals surface area contributed by atoms with E-state index in [0.717, 1.165) is 0 Å². The van der Waals surface area contributed by atoms with E-state index in [9.17, 15) is 23.1 Å². The molecule has 4 nitrogen and oxygen atoms in total. The summed E-state index contributed by atoms with van der Waals surface area (Å²) in [5.41, 5.74) is -0.617. The monoisotopic (exact) mass is 319 g/mol. The summed E-state index contributed by atoms with van der Waals surface area (Å²) in [6.07, 6.45) is -4.82. The summed E-state index contributed by atoms with van der Waals surface area (Å²) in [6, 6.07) is 5.31. The van der Waals surface area contributed by atoms with E-state index >= 15 is 0 Å². The normalized spacial score (nSPS) is 12.1. The molecule has 0 spiro atoms.